The first-order valence-corrected chi connectivity index (χ1v) is 10.4. The molecule has 0 spiro atoms. The highest BCUT2D eigenvalue weighted by Crippen LogP contribution is 2.36. The van der Waals surface area contributed by atoms with Crippen LogP contribution in [-0.4, -0.2) is 11.8 Å². The third kappa shape index (κ3) is 3.75. The number of nitrogens with zero attached hydrogens (tertiary/aromatic N) is 1. The first kappa shape index (κ1) is 20.9. The summed E-state index contributed by atoms with van der Waals surface area (Å²) >= 11 is 6.28. The predicted octanol–water partition coefficient (Wildman–Crippen LogP) is 5.97. The third-order valence-corrected chi connectivity index (χ3v) is 6.09. The molecule has 1 heterocycles. The largest absolute Gasteiger partial charge is 0.350 e. The Morgan fingerprint density at radius 3 is 2.19 bits per heavy atom. The number of halogens is 1. The zero-order chi connectivity index (χ0) is 22.3. The minimum Gasteiger partial charge on any atom is -0.350 e. The molecular formula is C26H23ClN2O2. The van der Waals surface area contributed by atoms with Crippen molar-refractivity contribution in [2.75, 3.05) is 10.2 Å². The van der Waals surface area contributed by atoms with Gasteiger partial charge >= 0.3 is 0 Å². The first-order chi connectivity index (χ1) is 14.8. The molecule has 2 amide bonds. The fourth-order valence-electron chi connectivity index (χ4n) is 3.65. The minimum atomic E-state index is -0.399. The van der Waals surface area contributed by atoms with Crippen molar-refractivity contribution in [3.05, 3.63) is 99.2 Å². The minimum absolute atomic E-state index is 0.261. The number of rotatable bonds is 4. The zero-order valence-corrected chi connectivity index (χ0v) is 18.7. The van der Waals surface area contributed by atoms with E-state index in [2.05, 4.69) is 5.32 Å². The molecule has 4 rings (SSSR count). The Hall–Kier alpha value is -3.37. The number of benzene rings is 3. The van der Waals surface area contributed by atoms with Gasteiger partial charge in [0.2, 0.25) is 0 Å². The van der Waals surface area contributed by atoms with Crippen molar-refractivity contribution >= 4 is 40.4 Å². The van der Waals surface area contributed by atoms with Gasteiger partial charge < -0.3 is 5.32 Å². The highest BCUT2D eigenvalue weighted by atomic mass is 35.5. The Balaban J connectivity index is 1.85. The molecule has 0 saturated carbocycles. The summed E-state index contributed by atoms with van der Waals surface area (Å²) in [4.78, 5) is 28.3. The van der Waals surface area contributed by atoms with E-state index in [-0.39, 0.29) is 11.6 Å². The average molecular weight is 431 g/mol. The Labute approximate surface area is 187 Å². The topological polar surface area (TPSA) is 49.4 Å². The van der Waals surface area contributed by atoms with Gasteiger partial charge in [-0.3, -0.25) is 9.59 Å². The summed E-state index contributed by atoms with van der Waals surface area (Å²) in [5, 5.41) is 3.73. The van der Waals surface area contributed by atoms with Crippen molar-refractivity contribution in [1.29, 1.82) is 0 Å². The highest BCUT2D eigenvalue weighted by Gasteiger charge is 2.41. The lowest BCUT2D eigenvalue weighted by atomic mass is 10.0. The van der Waals surface area contributed by atoms with Gasteiger partial charge in [0.05, 0.1) is 11.3 Å². The van der Waals surface area contributed by atoms with Gasteiger partial charge in [0.25, 0.3) is 11.8 Å². The number of imide groups is 1. The zero-order valence-electron chi connectivity index (χ0n) is 17.9. The van der Waals surface area contributed by atoms with Gasteiger partial charge in [-0.05, 0) is 74.2 Å². The van der Waals surface area contributed by atoms with Crippen LogP contribution in [-0.2, 0) is 9.59 Å². The number of aryl methyl sites for hydroxylation is 3. The Morgan fingerprint density at radius 1 is 0.806 bits per heavy atom. The van der Waals surface area contributed by atoms with Crippen LogP contribution in [0.2, 0.25) is 5.02 Å². The van der Waals surface area contributed by atoms with Crippen LogP contribution in [0.1, 0.15) is 27.8 Å². The maximum atomic E-state index is 13.6. The Morgan fingerprint density at radius 2 is 1.52 bits per heavy atom. The molecule has 0 bridgehead atoms. The molecule has 3 aromatic rings. The lowest BCUT2D eigenvalue weighted by Gasteiger charge is -2.18. The molecule has 0 aliphatic carbocycles. The SMILES string of the molecule is Cc1ccc(C2=C(Nc3ccc(C)c(C)c3)C(=O)N(c3cccc(Cl)c3C)C2=O)cc1. The van der Waals surface area contributed by atoms with Crippen molar-refractivity contribution < 1.29 is 9.59 Å². The Kier molecular flexibility index (Phi) is 5.42. The molecular weight excluding hydrogens is 408 g/mol. The number of nitrogens with one attached hydrogen (secondary N) is 1. The van der Waals surface area contributed by atoms with Crippen LogP contribution in [0.15, 0.2) is 66.4 Å². The number of anilines is 2. The van der Waals surface area contributed by atoms with Crippen molar-refractivity contribution in [3.63, 3.8) is 0 Å². The van der Waals surface area contributed by atoms with Gasteiger partial charge in [0, 0.05) is 10.7 Å². The lowest BCUT2D eigenvalue weighted by molar-refractivity contribution is -0.120. The molecule has 3 aromatic carbocycles. The van der Waals surface area contributed by atoms with E-state index in [0.717, 1.165) is 22.4 Å². The second-order valence-electron chi connectivity index (χ2n) is 7.87. The van der Waals surface area contributed by atoms with Crippen LogP contribution in [0.5, 0.6) is 0 Å². The number of hydrogen-bond acceptors (Lipinski definition) is 3. The van der Waals surface area contributed by atoms with E-state index in [0.29, 0.717) is 27.4 Å². The second-order valence-corrected chi connectivity index (χ2v) is 8.28. The van der Waals surface area contributed by atoms with E-state index in [1.54, 1.807) is 25.1 Å². The normalized spacial score (nSPS) is 13.9. The molecule has 0 radical (unpaired) electrons. The van der Waals surface area contributed by atoms with E-state index in [9.17, 15) is 9.59 Å². The van der Waals surface area contributed by atoms with E-state index in [1.165, 1.54) is 4.90 Å². The number of carbonyl (C=O) groups excluding carboxylic acids is 2. The molecule has 5 heteroatoms. The fourth-order valence-corrected chi connectivity index (χ4v) is 3.82. The molecule has 1 N–H and O–H groups in total. The number of hydrogen-bond donors (Lipinski definition) is 1. The standard InChI is InChI=1S/C26H23ClN2O2/c1-15-8-11-19(12-9-15)23-24(28-20-13-10-16(2)17(3)14-20)26(31)29(25(23)30)22-7-5-6-21(27)18(22)4/h5-14,28H,1-4H3. The van der Waals surface area contributed by atoms with Crippen LogP contribution in [0, 0.1) is 27.7 Å². The van der Waals surface area contributed by atoms with E-state index >= 15 is 0 Å². The smallest absolute Gasteiger partial charge is 0.282 e. The highest BCUT2D eigenvalue weighted by molar-refractivity contribution is 6.46. The molecule has 0 fully saturated rings. The van der Waals surface area contributed by atoms with Gasteiger partial charge in [0.1, 0.15) is 5.70 Å². The molecule has 156 valence electrons. The van der Waals surface area contributed by atoms with Crippen LogP contribution >= 0.6 is 11.6 Å². The summed E-state index contributed by atoms with van der Waals surface area (Å²) in [6.45, 7) is 7.83. The van der Waals surface area contributed by atoms with Crippen molar-refractivity contribution in [3.8, 4) is 0 Å². The average Bonchev–Trinajstić information content (AvgIpc) is 2.97. The van der Waals surface area contributed by atoms with Crippen LogP contribution in [0.4, 0.5) is 11.4 Å². The molecule has 0 saturated heterocycles. The molecule has 1 aliphatic rings. The van der Waals surface area contributed by atoms with Crippen LogP contribution in [0.25, 0.3) is 5.57 Å². The van der Waals surface area contributed by atoms with E-state index < -0.39 is 5.91 Å². The van der Waals surface area contributed by atoms with Gasteiger partial charge in [-0.25, -0.2) is 4.90 Å². The monoisotopic (exact) mass is 430 g/mol. The predicted molar refractivity (Wildman–Crippen MR) is 126 cm³/mol. The Bertz CT molecular complexity index is 1240. The lowest BCUT2D eigenvalue weighted by Crippen LogP contribution is -2.33. The summed E-state index contributed by atoms with van der Waals surface area (Å²) < 4.78 is 0. The van der Waals surface area contributed by atoms with Gasteiger partial charge in [-0.15, -0.1) is 0 Å². The number of amides is 2. The first-order valence-electron chi connectivity index (χ1n) is 10.1. The summed E-state index contributed by atoms with van der Waals surface area (Å²) in [5.74, 6) is -0.769. The van der Waals surface area contributed by atoms with Crippen molar-refractivity contribution in [2.24, 2.45) is 0 Å². The van der Waals surface area contributed by atoms with Crippen molar-refractivity contribution in [1.82, 2.24) is 0 Å². The quantitative estimate of drug-likeness (QED) is 0.518. The summed E-state index contributed by atoms with van der Waals surface area (Å²) in [6, 6.07) is 18.7. The van der Waals surface area contributed by atoms with Crippen molar-refractivity contribution in [2.45, 2.75) is 27.7 Å². The summed E-state index contributed by atoms with van der Waals surface area (Å²) in [6.07, 6.45) is 0. The molecule has 4 nitrogen and oxygen atoms in total. The number of carbonyl (C=O) groups is 2. The third-order valence-electron chi connectivity index (χ3n) is 5.68. The molecule has 1 aliphatic heterocycles. The van der Waals surface area contributed by atoms with Crippen LogP contribution < -0.4 is 10.2 Å². The van der Waals surface area contributed by atoms with Gasteiger partial charge in [0.15, 0.2) is 0 Å². The summed E-state index contributed by atoms with van der Waals surface area (Å²) in [7, 11) is 0. The second kappa shape index (κ2) is 8.05. The van der Waals surface area contributed by atoms with E-state index in [4.69, 9.17) is 11.6 Å². The molecule has 0 unspecified atom stereocenters. The fraction of sp³-hybridized carbons (Fsp3) is 0.154. The molecule has 31 heavy (non-hydrogen) atoms. The maximum absolute atomic E-state index is 13.6. The molecule has 0 aromatic heterocycles. The maximum Gasteiger partial charge on any atom is 0.282 e. The van der Waals surface area contributed by atoms with Gasteiger partial charge in [-0.2, -0.15) is 0 Å². The van der Waals surface area contributed by atoms with E-state index in [1.807, 2.05) is 63.2 Å². The molecule has 0 atom stereocenters. The van der Waals surface area contributed by atoms with Gasteiger partial charge in [-0.1, -0.05) is 53.6 Å². The van der Waals surface area contributed by atoms with Crippen LogP contribution in [0.3, 0.4) is 0 Å². The summed E-state index contributed by atoms with van der Waals surface area (Å²) in [5.41, 5.74) is 6.56.